The molecule has 3 heterocycles. The molecule has 0 saturated carbocycles. The number of rotatable bonds is 2. The highest BCUT2D eigenvalue weighted by Gasteiger charge is 2.27. The first kappa shape index (κ1) is 11.4. The Hall–Kier alpha value is -1.69. The average Bonchev–Trinajstić information content (AvgIpc) is 2.98. The Kier molecular flexibility index (Phi) is 2.87. The van der Waals surface area contributed by atoms with Gasteiger partial charge in [-0.3, -0.25) is 4.68 Å². The third-order valence-electron chi connectivity index (χ3n) is 3.44. The van der Waals surface area contributed by atoms with Gasteiger partial charge >= 0.3 is 0 Å². The van der Waals surface area contributed by atoms with Crippen molar-refractivity contribution in [2.24, 2.45) is 13.0 Å². The summed E-state index contributed by atoms with van der Waals surface area (Å²) in [5, 5.41) is 11.6. The van der Waals surface area contributed by atoms with Crippen molar-refractivity contribution < 1.29 is 4.52 Å². The van der Waals surface area contributed by atoms with Gasteiger partial charge in [-0.25, -0.2) is 0 Å². The lowest BCUT2D eigenvalue weighted by atomic mass is 9.93. The van der Waals surface area contributed by atoms with Gasteiger partial charge in [-0.05, 0) is 25.3 Å². The topological polar surface area (TPSA) is 68.8 Å². The number of piperidine rings is 1. The van der Waals surface area contributed by atoms with E-state index in [1.807, 2.05) is 13.2 Å². The van der Waals surface area contributed by atoms with Crippen molar-refractivity contribution in [1.82, 2.24) is 25.2 Å². The maximum Gasteiger partial charge on any atom is 0.244 e. The zero-order valence-corrected chi connectivity index (χ0v) is 10.6. The normalized spacial score (nSPS) is 24.3. The molecule has 2 atom stereocenters. The molecule has 1 saturated heterocycles. The van der Waals surface area contributed by atoms with Crippen molar-refractivity contribution in [3.63, 3.8) is 0 Å². The molecule has 2 aromatic heterocycles. The van der Waals surface area contributed by atoms with Crippen LogP contribution in [-0.2, 0) is 7.05 Å². The quantitative estimate of drug-likeness (QED) is 0.871. The van der Waals surface area contributed by atoms with Crippen LogP contribution in [0.5, 0.6) is 0 Å². The Balaban J connectivity index is 1.84. The molecule has 18 heavy (non-hydrogen) atoms. The fourth-order valence-electron chi connectivity index (χ4n) is 2.40. The highest BCUT2D eigenvalue weighted by molar-refractivity contribution is 5.51. The lowest BCUT2D eigenvalue weighted by molar-refractivity contribution is 0.239. The van der Waals surface area contributed by atoms with Gasteiger partial charge in [-0.15, -0.1) is 0 Å². The number of hydrogen-bond donors (Lipinski definition) is 1. The van der Waals surface area contributed by atoms with E-state index in [-0.39, 0.29) is 6.04 Å². The monoisotopic (exact) mass is 247 g/mol. The molecule has 6 heteroatoms. The molecule has 2 unspecified atom stereocenters. The maximum atomic E-state index is 5.38. The van der Waals surface area contributed by atoms with Gasteiger partial charge in [0.2, 0.25) is 11.7 Å². The van der Waals surface area contributed by atoms with Gasteiger partial charge in [0, 0.05) is 13.2 Å². The summed E-state index contributed by atoms with van der Waals surface area (Å²) in [4.78, 5) is 4.47. The van der Waals surface area contributed by atoms with Crippen LogP contribution in [0.4, 0.5) is 0 Å². The lowest BCUT2D eigenvalue weighted by Crippen LogP contribution is -2.33. The molecule has 0 amide bonds. The van der Waals surface area contributed by atoms with Gasteiger partial charge in [0.05, 0.1) is 17.8 Å². The first-order chi connectivity index (χ1) is 8.74. The predicted molar refractivity (Wildman–Crippen MR) is 65.6 cm³/mol. The number of nitrogens with one attached hydrogen (secondary N) is 1. The van der Waals surface area contributed by atoms with Gasteiger partial charge in [-0.2, -0.15) is 10.1 Å². The molecule has 1 N–H and O–H groups in total. The molecular formula is C12H17N5O. The van der Waals surface area contributed by atoms with Gasteiger partial charge in [0.25, 0.3) is 0 Å². The molecule has 0 aromatic carbocycles. The Bertz CT molecular complexity index is 532. The van der Waals surface area contributed by atoms with Crippen LogP contribution in [0.25, 0.3) is 11.4 Å². The molecule has 0 radical (unpaired) electrons. The van der Waals surface area contributed by atoms with Crippen LogP contribution in [0, 0.1) is 5.92 Å². The Morgan fingerprint density at radius 2 is 2.39 bits per heavy atom. The first-order valence-corrected chi connectivity index (χ1v) is 6.30. The van der Waals surface area contributed by atoms with E-state index in [4.69, 9.17) is 4.52 Å². The van der Waals surface area contributed by atoms with Gasteiger partial charge < -0.3 is 9.84 Å². The van der Waals surface area contributed by atoms with E-state index in [1.54, 1.807) is 10.9 Å². The van der Waals surface area contributed by atoms with E-state index >= 15 is 0 Å². The van der Waals surface area contributed by atoms with Crippen LogP contribution in [0.2, 0.25) is 0 Å². The molecule has 3 rings (SSSR count). The molecule has 1 fully saturated rings. The minimum Gasteiger partial charge on any atom is -0.337 e. The van der Waals surface area contributed by atoms with E-state index in [0.717, 1.165) is 12.1 Å². The fourth-order valence-corrected chi connectivity index (χ4v) is 2.40. The third kappa shape index (κ3) is 2.03. The summed E-state index contributed by atoms with van der Waals surface area (Å²) in [5.74, 6) is 1.82. The summed E-state index contributed by atoms with van der Waals surface area (Å²) in [7, 11) is 1.87. The van der Waals surface area contributed by atoms with Crippen molar-refractivity contribution in [2.45, 2.75) is 25.8 Å². The summed E-state index contributed by atoms with van der Waals surface area (Å²) < 4.78 is 7.11. The molecule has 0 spiro atoms. The van der Waals surface area contributed by atoms with Crippen molar-refractivity contribution in [3.05, 3.63) is 18.3 Å². The first-order valence-electron chi connectivity index (χ1n) is 6.30. The van der Waals surface area contributed by atoms with Crippen molar-refractivity contribution in [2.75, 3.05) is 6.54 Å². The smallest absolute Gasteiger partial charge is 0.244 e. The zero-order valence-electron chi connectivity index (χ0n) is 10.6. The predicted octanol–water partition coefficient (Wildman–Crippen LogP) is 1.53. The van der Waals surface area contributed by atoms with E-state index in [9.17, 15) is 0 Å². The van der Waals surface area contributed by atoms with E-state index < -0.39 is 0 Å². The number of aromatic nitrogens is 4. The summed E-state index contributed by atoms with van der Waals surface area (Å²) >= 11 is 0. The molecular weight excluding hydrogens is 230 g/mol. The van der Waals surface area contributed by atoms with Crippen LogP contribution >= 0.6 is 0 Å². The minimum atomic E-state index is 0.177. The SMILES string of the molecule is CC1CCCNC1c1nc(-c2cnn(C)c2)no1. The molecule has 0 aliphatic carbocycles. The second kappa shape index (κ2) is 4.53. The highest BCUT2D eigenvalue weighted by atomic mass is 16.5. The van der Waals surface area contributed by atoms with Gasteiger partial charge in [-0.1, -0.05) is 12.1 Å². The van der Waals surface area contributed by atoms with Gasteiger partial charge in [0.15, 0.2) is 0 Å². The largest absolute Gasteiger partial charge is 0.337 e. The van der Waals surface area contributed by atoms with Crippen molar-refractivity contribution in [1.29, 1.82) is 0 Å². The van der Waals surface area contributed by atoms with Crippen LogP contribution in [-0.4, -0.2) is 26.5 Å². The molecule has 96 valence electrons. The Morgan fingerprint density at radius 3 is 3.11 bits per heavy atom. The van der Waals surface area contributed by atoms with Crippen LogP contribution in [0.1, 0.15) is 31.7 Å². The van der Waals surface area contributed by atoms with Crippen LogP contribution < -0.4 is 5.32 Å². The summed E-state index contributed by atoms with van der Waals surface area (Å²) in [5.41, 5.74) is 0.885. The standard InChI is InChI=1S/C12H17N5O/c1-8-4-3-5-13-10(8)12-15-11(16-18-12)9-6-14-17(2)7-9/h6-8,10,13H,3-5H2,1-2H3. The Morgan fingerprint density at radius 1 is 1.50 bits per heavy atom. The van der Waals surface area contributed by atoms with Crippen LogP contribution in [0.15, 0.2) is 16.9 Å². The number of nitrogens with zero attached hydrogens (tertiary/aromatic N) is 4. The molecule has 6 nitrogen and oxygen atoms in total. The molecule has 1 aliphatic heterocycles. The summed E-state index contributed by atoms with van der Waals surface area (Å²) in [6.45, 7) is 3.23. The second-order valence-electron chi connectivity index (χ2n) is 4.91. The number of hydrogen-bond acceptors (Lipinski definition) is 5. The van der Waals surface area contributed by atoms with E-state index in [1.165, 1.54) is 12.8 Å². The van der Waals surface area contributed by atoms with E-state index in [2.05, 4.69) is 27.5 Å². The van der Waals surface area contributed by atoms with Crippen molar-refractivity contribution in [3.8, 4) is 11.4 Å². The summed E-state index contributed by atoms with van der Waals surface area (Å²) in [6, 6.07) is 0.177. The molecule has 2 aromatic rings. The minimum absolute atomic E-state index is 0.177. The lowest BCUT2D eigenvalue weighted by Gasteiger charge is -2.26. The average molecular weight is 247 g/mol. The van der Waals surface area contributed by atoms with Crippen molar-refractivity contribution >= 4 is 0 Å². The maximum absolute atomic E-state index is 5.38. The highest BCUT2D eigenvalue weighted by Crippen LogP contribution is 2.28. The second-order valence-corrected chi connectivity index (χ2v) is 4.91. The van der Waals surface area contributed by atoms with E-state index in [0.29, 0.717) is 17.6 Å². The zero-order chi connectivity index (χ0) is 12.5. The van der Waals surface area contributed by atoms with Crippen LogP contribution in [0.3, 0.4) is 0 Å². The Labute approximate surface area is 105 Å². The van der Waals surface area contributed by atoms with Gasteiger partial charge in [0.1, 0.15) is 0 Å². The molecule has 1 aliphatic rings. The fraction of sp³-hybridized carbons (Fsp3) is 0.583. The number of aryl methyl sites for hydroxylation is 1. The molecule has 0 bridgehead atoms. The third-order valence-corrected chi connectivity index (χ3v) is 3.44. The summed E-state index contributed by atoms with van der Waals surface area (Å²) in [6.07, 6.45) is 6.03.